The number of hydrogen-bond donors (Lipinski definition) is 0. The van der Waals surface area contributed by atoms with Gasteiger partial charge in [0.05, 0.1) is 11.9 Å². The van der Waals surface area contributed by atoms with Crippen molar-refractivity contribution in [3.8, 4) is 0 Å². The van der Waals surface area contributed by atoms with Crippen LogP contribution in [0.25, 0.3) is 0 Å². The lowest BCUT2D eigenvalue weighted by Crippen LogP contribution is -2.10. The van der Waals surface area contributed by atoms with Crippen LogP contribution >= 0.6 is 0 Å². The molecule has 0 unspecified atom stereocenters. The summed E-state index contributed by atoms with van der Waals surface area (Å²) in [7, 11) is 2.00. The van der Waals surface area contributed by atoms with E-state index in [1.165, 1.54) is 0 Å². The summed E-state index contributed by atoms with van der Waals surface area (Å²) in [5.74, 6) is 0.139. The summed E-state index contributed by atoms with van der Waals surface area (Å²) >= 11 is 0. The zero-order valence-corrected chi connectivity index (χ0v) is 13.9. The minimum atomic E-state index is 0.139. The van der Waals surface area contributed by atoms with Crippen LogP contribution < -0.4 is 4.90 Å². The van der Waals surface area contributed by atoms with E-state index < -0.39 is 0 Å². The van der Waals surface area contributed by atoms with Crippen LogP contribution in [0, 0.1) is 6.92 Å². The summed E-state index contributed by atoms with van der Waals surface area (Å²) < 4.78 is 0. The molecule has 0 fully saturated rings. The van der Waals surface area contributed by atoms with Crippen molar-refractivity contribution in [2.24, 2.45) is 0 Å². The largest absolute Gasteiger partial charge is 0.343 e. The van der Waals surface area contributed by atoms with Crippen molar-refractivity contribution in [1.82, 2.24) is 4.98 Å². The molecule has 3 rings (SSSR count). The van der Waals surface area contributed by atoms with Crippen LogP contribution in [-0.4, -0.2) is 17.8 Å². The molecule has 2 aromatic carbocycles. The maximum absolute atomic E-state index is 12.5. The van der Waals surface area contributed by atoms with Gasteiger partial charge in [-0.2, -0.15) is 0 Å². The van der Waals surface area contributed by atoms with Crippen LogP contribution in [0.15, 0.2) is 73.1 Å². The van der Waals surface area contributed by atoms with Gasteiger partial charge in [0.2, 0.25) is 0 Å². The highest BCUT2D eigenvalue weighted by atomic mass is 16.1. The van der Waals surface area contributed by atoms with Gasteiger partial charge in [-0.1, -0.05) is 35.9 Å². The minimum Gasteiger partial charge on any atom is -0.343 e. The van der Waals surface area contributed by atoms with Crippen molar-refractivity contribution in [2.45, 2.75) is 13.3 Å². The second-order valence-electron chi connectivity index (χ2n) is 5.91. The molecular weight excluding hydrogens is 296 g/mol. The summed E-state index contributed by atoms with van der Waals surface area (Å²) in [6, 6.07) is 19.7. The third kappa shape index (κ3) is 3.69. The van der Waals surface area contributed by atoms with Gasteiger partial charge >= 0.3 is 0 Å². The van der Waals surface area contributed by atoms with Gasteiger partial charge in [-0.3, -0.25) is 9.78 Å². The smallest absolute Gasteiger partial charge is 0.167 e. The number of anilines is 2. The first-order valence-corrected chi connectivity index (χ1v) is 7.96. The van der Waals surface area contributed by atoms with Gasteiger partial charge in [0.15, 0.2) is 5.78 Å². The maximum atomic E-state index is 12.5. The number of carbonyl (C=O) groups excluding carboxylic acids is 1. The monoisotopic (exact) mass is 316 g/mol. The molecule has 0 atom stereocenters. The Morgan fingerprint density at radius 1 is 1.00 bits per heavy atom. The van der Waals surface area contributed by atoms with Gasteiger partial charge < -0.3 is 4.90 Å². The van der Waals surface area contributed by atoms with Gasteiger partial charge in [0.25, 0.3) is 0 Å². The third-order valence-corrected chi connectivity index (χ3v) is 4.04. The molecule has 3 heteroatoms. The Bertz CT molecular complexity index is 843. The van der Waals surface area contributed by atoms with E-state index in [1.807, 2.05) is 74.8 Å². The van der Waals surface area contributed by atoms with Gasteiger partial charge in [-0.25, -0.2) is 0 Å². The zero-order valence-electron chi connectivity index (χ0n) is 13.9. The first-order chi connectivity index (χ1) is 11.6. The summed E-state index contributed by atoms with van der Waals surface area (Å²) in [6.07, 6.45) is 3.98. The Morgan fingerprint density at radius 3 is 2.54 bits per heavy atom. The highest BCUT2D eigenvalue weighted by Gasteiger charge is 2.09. The van der Waals surface area contributed by atoms with E-state index >= 15 is 0 Å². The fourth-order valence-electron chi connectivity index (χ4n) is 2.68. The molecule has 0 aliphatic heterocycles. The van der Waals surface area contributed by atoms with E-state index in [2.05, 4.69) is 16.0 Å². The molecule has 24 heavy (non-hydrogen) atoms. The van der Waals surface area contributed by atoms with Crippen molar-refractivity contribution in [3.05, 3.63) is 89.7 Å². The number of Topliss-reactive ketones (excluding diaryl/α,β-unsaturated/α-hetero) is 1. The molecule has 0 bridgehead atoms. The second-order valence-corrected chi connectivity index (χ2v) is 5.91. The Labute approximate surface area is 142 Å². The van der Waals surface area contributed by atoms with E-state index in [0.717, 1.165) is 28.1 Å². The second kappa shape index (κ2) is 7.09. The van der Waals surface area contributed by atoms with Gasteiger partial charge in [0.1, 0.15) is 0 Å². The van der Waals surface area contributed by atoms with E-state index in [1.54, 1.807) is 6.20 Å². The fourth-order valence-corrected chi connectivity index (χ4v) is 2.68. The SMILES string of the molecule is Cc1cccc(C(=O)Cc2cccc(N(C)c3cccnc3)c2)c1. The molecule has 0 radical (unpaired) electrons. The number of nitrogens with zero attached hydrogens (tertiary/aromatic N) is 2. The van der Waals surface area contributed by atoms with Crippen molar-refractivity contribution in [2.75, 3.05) is 11.9 Å². The Kier molecular flexibility index (Phi) is 4.71. The average molecular weight is 316 g/mol. The van der Waals surface area contributed by atoms with Crippen molar-refractivity contribution in [1.29, 1.82) is 0 Å². The third-order valence-electron chi connectivity index (χ3n) is 4.04. The minimum absolute atomic E-state index is 0.139. The molecule has 0 spiro atoms. The molecule has 0 saturated carbocycles. The van der Waals surface area contributed by atoms with Crippen LogP contribution in [0.1, 0.15) is 21.5 Å². The average Bonchev–Trinajstić information content (AvgIpc) is 2.62. The highest BCUT2D eigenvalue weighted by Crippen LogP contribution is 2.23. The molecule has 0 aliphatic carbocycles. The van der Waals surface area contributed by atoms with Gasteiger partial charge in [0, 0.05) is 30.9 Å². The number of aromatic nitrogens is 1. The summed E-state index contributed by atoms with van der Waals surface area (Å²) in [6.45, 7) is 2.00. The molecule has 3 nitrogen and oxygen atoms in total. The fraction of sp³-hybridized carbons (Fsp3) is 0.143. The first kappa shape index (κ1) is 15.9. The summed E-state index contributed by atoms with van der Waals surface area (Å²) in [4.78, 5) is 18.7. The highest BCUT2D eigenvalue weighted by molar-refractivity contribution is 5.97. The van der Waals surface area contributed by atoms with Crippen LogP contribution in [0.4, 0.5) is 11.4 Å². The number of benzene rings is 2. The number of aryl methyl sites for hydroxylation is 1. The maximum Gasteiger partial charge on any atom is 0.167 e. The first-order valence-electron chi connectivity index (χ1n) is 7.96. The normalized spacial score (nSPS) is 10.4. The van der Waals surface area contributed by atoms with Crippen molar-refractivity contribution < 1.29 is 4.79 Å². The molecular formula is C21H20N2O. The van der Waals surface area contributed by atoms with Crippen LogP contribution in [-0.2, 0) is 6.42 Å². The van der Waals surface area contributed by atoms with E-state index in [-0.39, 0.29) is 5.78 Å². The van der Waals surface area contributed by atoms with Crippen LogP contribution in [0.5, 0.6) is 0 Å². The lowest BCUT2D eigenvalue weighted by molar-refractivity contribution is 0.0993. The molecule has 1 aromatic heterocycles. The standard InChI is InChI=1S/C21H20N2O/c1-16-6-3-8-18(12-16)21(24)14-17-7-4-9-19(13-17)23(2)20-10-5-11-22-15-20/h3-13,15H,14H2,1-2H3. The lowest BCUT2D eigenvalue weighted by Gasteiger charge is -2.19. The molecule has 120 valence electrons. The Balaban J connectivity index is 1.79. The summed E-state index contributed by atoms with van der Waals surface area (Å²) in [5, 5.41) is 0. The van der Waals surface area contributed by atoms with E-state index in [9.17, 15) is 4.79 Å². The number of pyridine rings is 1. The van der Waals surface area contributed by atoms with Crippen molar-refractivity contribution >= 4 is 17.2 Å². The van der Waals surface area contributed by atoms with Gasteiger partial charge in [-0.15, -0.1) is 0 Å². The molecule has 3 aromatic rings. The van der Waals surface area contributed by atoms with Crippen LogP contribution in [0.3, 0.4) is 0 Å². The van der Waals surface area contributed by atoms with E-state index in [4.69, 9.17) is 0 Å². The lowest BCUT2D eigenvalue weighted by atomic mass is 10.0. The van der Waals surface area contributed by atoms with Crippen molar-refractivity contribution in [3.63, 3.8) is 0 Å². The Morgan fingerprint density at radius 2 is 1.79 bits per heavy atom. The summed E-state index contributed by atoms with van der Waals surface area (Å²) in [5.41, 5.74) is 4.93. The number of rotatable bonds is 5. The Hall–Kier alpha value is -2.94. The molecule has 0 N–H and O–H groups in total. The predicted octanol–water partition coefficient (Wildman–Crippen LogP) is 4.58. The predicted molar refractivity (Wildman–Crippen MR) is 98.0 cm³/mol. The number of hydrogen-bond acceptors (Lipinski definition) is 3. The van der Waals surface area contributed by atoms with E-state index in [0.29, 0.717) is 6.42 Å². The molecule has 1 heterocycles. The van der Waals surface area contributed by atoms with Crippen LogP contribution in [0.2, 0.25) is 0 Å². The van der Waals surface area contributed by atoms with Gasteiger partial charge in [-0.05, 0) is 42.8 Å². The molecule has 0 amide bonds. The quantitative estimate of drug-likeness (QED) is 0.646. The number of ketones is 1. The molecule has 0 saturated heterocycles. The molecule has 0 aliphatic rings. The number of carbonyl (C=O) groups is 1. The topological polar surface area (TPSA) is 33.2 Å². The zero-order chi connectivity index (χ0) is 16.9.